The van der Waals surface area contributed by atoms with Gasteiger partial charge in [-0.05, 0) is 26.2 Å². The Balaban J connectivity index is 1.31. The number of hydrogen-bond donors (Lipinski definition) is 2. The van der Waals surface area contributed by atoms with Crippen molar-refractivity contribution in [2.24, 2.45) is 40.9 Å². The first-order valence-electron chi connectivity index (χ1n) is 14.6. The Kier molecular flexibility index (Phi) is 4.61. The van der Waals surface area contributed by atoms with Crippen LogP contribution in [0.3, 0.4) is 0 Å². The monoisotopic (exact) mass is 560 g/mol. The molecule has 2 aliphatic carbocycles. The summed E-state index contributed by atoms with van der Waals surface area (Å²) in [6, 6.07) is 0. The highest BCUT2D eigenvalue weighted by atomic mass is 16.8. The molecule has 6 heterocycles. The zero-order chi connectivity index (χ0) is 28.4. The lowest BCUT2D eigenvalue weighted by molar-refractivity contribution is -0.313. The van der Waals surface area contributed by atoms with E-state index in [4.69, 9.17) is 23.7 Å². The second-order valence-corrected chi connectivity index (χ2v) is 14.4. The molecule has 6 aliphatic heterocycles. The Morgan fingerprint density at radius 3 is 2.40 bits per heavy atom. The predicted molar refractivity (Wildman–Crippen MR) is 130 cm³/mol. The molecule has 14 atom stereocenters. The minimum atomic E-state index is -1.84. The summed E-state index contributed by atoms with van der Waals surface area (Å²) in [6.45, 7) is 6.74. The summed E-state index contributed by atoms with van der Waals surface area (Å²) in [5.41, 5.74) is -4.70. The molecule has 0 aromatic rings. The number of fused-ring (bicyclic) bond motifs is 1. The first kappa shape index (κ1) is 25.8. The van der Waals surface area contributed by atoms with Crippen molar-refractivity contribution >= 4 is 23.5 Å². The quantitative estimate of drug-likeness (QED) is 0.438. The molecular weight excluding hydrogens is 524 g/mol. The van der Waals surface area contributed by atoms with Gasteiger partial charge in [0.25, 0.3) is 0 Å². The van der Waals surface area contributed by atoms with Crippen molar-refractivity contribution in [3.8, 4) is 0 Å². The number of ether oxygens (including phenoxy) is 5. The first-order chi connectivity index (χ1) is 18.7. The van der Waals surface area contributed by atoms with Crippen molar-refractivity contribution in [2.75, 3.05) is 6.61 Å². The number of carbonyl (C=O) groups is 4. The van der Waals surface area contributed by atoms with Gasteiger partial charge >= 0.3 is 11.9 Å². The van der Waals surface area contributed by atoms with Crippen molar-refractivity contribution in [3.63, 3.8) is 0 Å². The summed E-state index contributed by atoms with van der Waals surface area (Å²) in [4.78, 5) is 54.1. The maximum Gasteiger partial charge on any atom is 0.311 e. The molecule has 2 N–H and O–H groups in total. The zero-order valence-electron chi connectivity index (χ0n) is 23.1. The van der Waals surface area contributed by atoms with Gasteiger partial charge in [-0.15, -0.1) is 0 Å². The number of esters is 2. The molecule has 0 aromatic carbocycles. The minimum Gasteiger partial charge on any atom is -0.456 e. The maximum atomic E-state index is 14.8. The number of aliphatic hydroxyl groups is 2. The molecule has 6 saturated heterocycles. The number of Topliss-reactive ketones (excluding diaryl/α,β-unsaturated/α-hetero) is 2. The van der Waals surface area contributed by atoms with E-state index in [2.05, 4.69) is 0 Å². The number of ketones is 2. The SMILES string of the molecule is CC1CC2(OC1=O)OC13OC4(CCC5(C)C(=O)C(C)C2C51)CC12OC(=O)CC1OC(C)(CO)C2C(O)CC4C3=O. The van der Waals surface area contributed by atoms with Gasteiger partial charge in [0, 0.05) is 36.0 Å². The first-order valence-corrected chi connectivity index (χ1v) is 14.6. The molecule has 8 aliphatic rings. The van der Waals surface area contributed by atoms with E-state index >= 15 is 0 Å². The molecule has 0 amide bonds. The van der Waals surface area contributed by atoms with Crippen molar-refractivity contribution in [2.45, 2.75) is 107 Å². The number of aliphatic hydroxyl groups excluding tert-OH is 2. The van der Waals surface area contributed by atoms with Gasteiger partial charge in [-0.2, -0.15) is 0 Å². The Hall–Kier alpha value is -1.92. The maximum absolute atomic E-state index is 14.8. The fourth-order valence-electron chi connectivity index (χ4n) is 11.0. The average Bonchev–Trinajstić information content (AvgIpc) is 3.57. The van der Waals surface area contributed by atoms with Crippen LogP contribution >= 0.6 is 0 Å². The van der Waals surface area contributed by atoms with Crippen LogP contribution in [0.25, 0.3) is 0 Å². The Labute approximate surface area is 231 Å². The highest BCUT2D eigenvalue weighted by Gasteiger charge is 2.86. The largest absolute Gasteiger partial charge is 0.456 e. The van der Waals surface area contributed by atoms with E-state index in [0.29, 0.717) is 12.8 Å². The third-order valence-electron chi connectivity index (χ3n) is 12.3. The standard InChI is InChI=1S/C29H36O11/c1-12-9-28(38-23(12)35)18-13(2)21(33)24(3)5-6-26-10-27-16(8-17(32)37-27)36-25(4,11-30)19(27)15(31)7-14(26)22(34)29(39-26,40-28)20(18)24/h12-16,18-20,30-31H,5-11H2,1-4H3. The lowest BCUT2D eigenvalue weighted by Crippen LogP contribution is -2.55. The molecule has 14 unspecified atom stereocenters. The smallest absolute Gasteiger partial charge is 0.311 e. The van der Waals surface area contributed by atoms with E-state index in [-0.39, 0.29) is 37.2 Å². The fourth-order valence-corrected chi connectivity index (χ4v) is 11.0. The van der Waals surface area contributed by atoms with E-state index in [9.17, 15) is 29.4 Å². The summed E-state index contributed by atoms with van der Waals surface area (Å²) in [5.74, 6) is -8.35. The van der Waals surface area contributed by atoms with E-state index < -0.39 is 100 Å². The van der Waals surface area contributed by atoms with Gasteiger partial charge in [-0.1, -0.05) is 20.8 Å². The molecule has 8 rings (SSSR count). The molecule has 4 spiro atoms. The third-order valence-corrected chi connectivity index (χ3v) is 12.3. The van der Waals surface area contributed by atoms with E-state index in [0.717, 1.165) is 0 Å². The summed E-state index contributed by atoms with van der Waals surface area (Å²) < 4.78 is 31.9. The van der Waals surface area contributed by atoms with E-state index in [1.807, 2.05) is 13.8 Å². The Bertz CT molecular complexity index is 1280. The van der Waals surface area contributed by atoms with Crippen LogP contribution in [0.1, 0.15) is 66.2 Å². The minimum absolute atomic E-state index is 0.000369. The summed E-state index contributed by atoms with van der Waals surface area (Å²) in [6.07, 6.45) is -0.918. The summed E-state index contributed by atoms with van der Waals surface area (Å²) in [5, 5.41) is 22.0. The lowest BCUT2D eigenvalue weighted by Gasteiger charge is -2.41. The fraction of sp³-hybridized carbons (Fsp3) is 0.862. The van der Waals surface area contributed by atoms with Crippen LogP contribution in [0.2, 0.25) is 0 Å². The Morgan fingerprint density at radius 2 is 1.73 bits per heavy atom. The molecule has 11 heteroatoms. The summed E-state index contributed by atoms with van der Waals surface area (Å²) in [7, 11) is 0. The van der Waals surface area contributed by atoms with Crippen LogP contribution in [-0.2, 0) is 42.9 Å². The van der Waals surface area contributed by atoms with Crippen molar-refractivity contribution in [1.29, 1.82) is 0 Å². The van der Waals surface area contributed by atoms with Gasteiger partial charge in [0.2, 0.25) is 11.6 Å². The van der Waals surface area contributed by atoms with Crippen LogP contribution in [0, 0.1) is 40.9 Å². The van der Waals surface area contributed by atoms with Gasteiger partial charge in [0.15, 0.2) is 5.78 Å². The van der Waals surface area contributed by atoms with Crippen LogP contribution < -0.4 is 0 Å². The zero-order valence-corrected chi connectivity index (χ0v) is 23.1. The van der Waals surface area contributed by atoms with Crippen LogP contribution in [0.15, 0.2) is 0 Å². The topological polar surface area (TPSA) is 155 Å². The number of carbonyl (C=O) groups excluding carboxylic acids is 4. The second kappa shape index (κ2) is 7.16. The van der Waals surface area contributed by atoms with Gasteiger partial charge in [0.05, 0.1) is 48.1 Å². The van der Waals surface area contributed by atoms with Crippen LogP contribution in [0.4, 0.5) is 0 Å². The van der Waals surface area contributed by atoms with Crippen molar-refractivity contribution in [3.05, 3.63) is 0 Å². The van der Waals surface area contributed by atoms with Crippen LogP contribution in [0.5, 0.6) is 0 Å². The lowest BCUT2D eigenvalue weighted by atomic mass is 9.63. The molecule has 40 heavy (non-hydrogen) atoms. The van der Waals surface area contributed by atoms with Gasteiger partial charge in [-0.3, -0.25) is 23.9 Å². The average molecular weight is 561 g/mol. The van der Waals surface area contributed by atoms with Gasteiger partial charge in [0.1, 0.15) is 17.5 Å². The molecule has 8 fully saturated rings. The highest BCUT2D eigenvalue weighted by Crippen LogP contribution is 2.74. The second-order valence-electron chi connectivity index (χ2n) is 14.4. The molecule has 0 radical (unpaired) electrons. The molecule has 2 bridgehead atoms. The highest BCUT2D eigenvalue weighted by molar-refractivity contribution is 5.97. The van der Waals surface area contributed by atoms with Crippen molar-refractivity contribution in [1.82, 2.24) is 0 Å². The molecule has 2 saturated carbocycles. The number of rotatable bonds is 1. The molecule has 218 valence electrons. The van der Waals surface area contributed by atoms with Crippen molar-refractivity contribution < 1.29 is 53.1 Å². The normalized spacial score (nSPS) is 61.1. The van der Waals surface area contributed by atoms with E-state index in [1.54, 1.807) is 13.8 Å². The predicted octanol–water partition coefficient (Wildman–Crippen LogP) is 0.804. The molecule has 0 aromatic heterocycles. The third kappa shape index (κ3) is 2.55. The Morgan fingerprint density at radius 1 is 0.975 bits per heavy atom. The molecule has 11 nitrogen and oxygen atoms in total. The van der Waals surface area contributed by atoms with E-state index in [1.165, 1.54) is 0 Å². The van der Waals surface area contributed by atoms with Gasteiger partial charge < -0.3 is 29.2 Å². The number of hydrogen-bond acceptors (Lipinski definition) is 11. The van der Waals surface area contributed by atoms with Crippen LogP contribution in [-0.4, -0.2) is 80.9 Å². The molecular formula is C29H36O11. The summed E-state index contributed by atoms with van der Waals surface area (Å²) >= 11 is 0. The van der Waals surface area contributed by atoms with Gasteiger partial charge in [-0.25, -0.2) is 0 Å².